The van der Waals surface area contributed by atoms with E-state index in [2.05, 4.69) is 5.43 Å². The molecule has 0 aliphatic rings. The maximum absolute atomic E-state index is 10.4. The first-order chi connectivity index (χ1) is 5.27. The average Bonchev–Trinajstić information content (AvgIpc) is 2.04. The van der Waals surface area contributed by atoms with E-state index in [1.54, 1.807) is 18.2 Å². The van der Waals surface area contributed by atoms with E-state index in [1.165, 1.54) is 0 Å². The van der Waals surface area contributed by atoms with E-state index in [-0.39, 0.29) is 0 Å². The maximum Gasteiger partial charge on any atom is 0.152 e. The Morgan fingerprint density at radius 3 is 2.82 bits per heavy atom. The van der Waals surface area contributed by atoms with Gasteiger partial charge < -0.3 is 5.43 Å². The zero-order valence-corrected chi connectivity index (χ0v) is 6.43. The number of anilines is 1. The number of nitrogens with two attached hydrogens (primary N) is 1. The summed E-state index contributed by atoms with van der Waals surface area (Å²) in [6, 6.07) is 4.82. The molecule has 0 atom stereocenters. The normalized spacial score (nSPS) is 9.27. The van der Waals surface area contributed by atoms with Crippen LogP contribution in [0.2, 0.25) is 5.02 Å². The van der Waals surface area contributed by atoms with Gasteiger partial charge >= 0.3 is 0 Å². The summed E-state index contributed by atoms with van der Waals surface area (Å²) < 4.78 is 0. The molecule has 0 spiro atoms. The molecular formula is C7H7ClN2O. The van der Waals surface area contributed by atoms with Crippen LogP contribution in [0.25, 0.3) is 0 Å². The van der Waals surface area contributed by atoms with Crippen LogP contribution in [0, 0.1) is 0 Å². The third kappa shape index (κ3) is 1.69. The smallest absolute Gasteiger partial charge is 0.152 e. The van der Waals surface area contributed by atoms with Crippen LogP contribution in [0.1, 0.15) is 10.4 Å². The van der Waals surface area contributed by atoms with Crippen LogP contribution < -0.4 is 11.3 Å². The van der Waals surface area contributed by atoms with Gasteiger partial charge in [0.25, 0.3) is 0 Å². The molecule has 0 aromatic heterocycles. The van der Waals surface area contributed by atoms with E-state index in [0.29, 0.717) is 22.6 Å². The largest absolute Gasteiger partial charge is 0.323 e. The van der Waals surface area contributed by atoms with Crippen LogP contribution in [0.4, 0.5) is 5.69 Å². The Kier molecular flexibility index (Phi) is 2.46. The second kappa shape index (κ2) is 3.37. The molecule has 3 N–H and O–H groups in total. The topological polar surface area (TPSA) is 55.1 Å². The second-order valence-corrected chi connectivity index (χ2v) is 2.43. The van der Waals surface area contributed by atoms with Crippen LogP contribution in [-0.4, -0.2) is 6.29 Å². The number of halogens is 1. The van der Waals surface area contributed by atoms with Crippen LogP contribution in [0.15, 0.2) is 18.2 Å². The molecule has 0 heterocycles. The van der Waals surface area contributed by atoms with Gasteiger partial charge in [0.05, 0.1) is 5.69 Å². The van der Waals surface area contributed by atoms with E-state index >= 15 is 0 Å². The van der Waals surface area contributed by atoms with Crippen LogP contribution in [0.5, 0.6) is 0 Å². The number of carbonyl (C=O) groups is 1. The Morgan fingerprint density at radius 2 is 2.27 bits per heavy atom. The molecule has 0 saturated heterocycles. The summed E-state index contributed by atoms with van der Waals surface area (Å²) in [4.78, 5) is 10.4. The SMILES string of the molecule is NNc1cc(Cl)ccc1C=O. The summed E-state index contributed by atoms with van der Waals surface area (Å²) >= 11 is 5.64. The molecule has 0 fully saturated rings. The van der Waals surface area contributed by atoms with Gasteiger partial charge in [-0.1, -0.05) is 11.6 Å². The number of hydrogen-bond donors (Lipinski definition) is 2. The molecule has 1 aromatic rings. The third-order valence-corrected chi connectivity index (χ3v) is 1.53. The maximum atomic E-state index is 10.4. The molecular weight excluding hydrogens is 164 g/mol. The van der Waals surface area contributed by atoms with Gasteiger partial charge in [0, 0.05) is 10.6 Å². The lowest BCUT2D eigenvalue weighted by molar-refractivity contribution is 0.112. The Morgan fingerprint density at radius 1 is 1.55 bits per heavy atom. The van der Waals surface area contributed by atoms with Gasteiger partial charge in [-0.05, 0) is 18.2 Å². The summed E-state index contributed by atoms with van der Waals surface area (Å²) in [7, 11) is 0. The molecule has 0 aliphatic heterocycles. The molecule has 1 rings (SSSR count). The van der Waals surface area contributed by atoms with Crippen molar-refractivity contribution in [3.63, 3.8) is 0 Å². The van der Waals surface area contributed by atoms with Gasteiger partial charge in [0.2, 0.25) is 0 Å². The molecule has 0 saturated carbocycles. The fraction of sp³-hybridized carbons (Fsp3) is 0. The van der Waals surface area contributed by atoms with E-state index in [1.807, 2.05) is 0 Å². The monoisotopic (exact) mass is 170 g/mol. The molecule has 58 valence electrons. The number of aldehydes is 1. The van der Waals surface area contributed by atoms with Crippen LogP contribution in [-0.2, 0) is 0 Å². The highest BCUT2D eigenvalue weighted by molar-refractivity contribution is 6.31. The van der Waals surface area contributed by atoms with Crippen LogP contribution >= 0.6 is 11.6 Å². The average molecular weight is 171 g/mol. The minimum atomic E-state index is 0.497. The van der Waals surface area contributed by atoms with Gasteiger partial charge in [0.1, 0.15) is 0 Å². The van der Waals surface area contributed by atoms with E-state index in [9.17, 15) is 4.79 Å². The lowest BCUT2D eigenvalue weighted by Gasteiger charge is -2.02. The molecule has 0 radical (unpaired) electrons. The highest BCUT2D eigenvalue weighted by Crippen LogP contribution is 2.18. The minimum Gasteiger partial charge on any atom is -0.323 e. The van der Waals surface area contributed by atoms with Gasteiger partial charge in [-0.3, -0.25) is 10.6 Å². The van der Waals surface area contributed by atoms with Crippen molar-refractivity contribution in [1.82, 2.24) is 0 Å². The van der Waals surface area contributed by atoms with Crippen LogP contribution in [0.3, 0.4) is 0 Å². The Bertz CT molecular complexity index is 275. The number of hydrazine groups is 1. The van der Waals surface area contributed by atoms with Gasteiger partial charge in [-0.25, -0.2) is 0 Å². The zero-order valence-electron chi connectivity index (χ0n) is 5.67. The molecule has 0 aliphatic carbocycles. The number of hydrogen-bond acceptors (Lipinski definition) is 3. The van der Waals surface area contributed by atoms with Gasteiger partial charge in [-0.15, -0.1) is 0 Å². The highest BCUT2D eigenvalue weighted by atomic mass is 35.5. The number of nitrogen functional groups attached to an aromatic ring is 1. The summed E-state index contributed by atoms with van der Waals surface area (Å²) in [6.45, 7) is 0. The molecule has 11 heavy (non-hydrogen) atoms. The summed E-state index contributed by atoms with van der Waals surface area (Å²) in [6.07, 6.45) is 0.714. The van der Waals surface area contributed by atoms with E-state index in [4.69, 9.17) is 17.4 Å². The van der Waals surface area contributed by atoms with Crippen molar-refractivity contribution in [3.8, 4) is 0 Å². The predicted molar refractivity (Wildman–Crippen MR) is 44.6 cm³/mol. The first kappa shape index (κ1) is 8.04. The van der Waals surface area contributed by atoms with Crippen molar-refractivity contribution in [2.45, 2.75) is 0 Å². The minimum absolute atomic E-state index is 0.497. The number of carbonyl (C=O) groups excluding carboxylic acids is 1. The molecule has 3 nitrogen and oxygen atoms in total. The fourth-order valence-electron chi connectivity index (χ4n) is 0.756. The molecule has 0 bridgehead atoms. The van der Waals surface area contributed by atoms with Crippen molar-refractivity contribution < 1.29 is 4.79 Å². The predicted octanol–water partition coefficient (Wildman–Crippen LogP) is 1.44. The first-order valence-corrected chi connectivity index (χ1v) is 3.37. The van der Waals surface area contributed by atoms with Crippen molar-refractivity contribution in [2.75, 3.05) is 5.43 Å². The Labute approximate surface area is 69.1 Å². The van der Waals surface area contributed by atoms with Crippen molar-refractivity contribution >= 4 is 23.6 Å². The zero-order chi connectivity index (χ0) is 8.27. The summed E-state index contributed by atoms with van der Waals surface area (Å²) in [5, 5.41) is 0.545. The standard InChI is InChI=1S/C7H7ClN2O/c8-6-2-1-5(4-11)7(3-6)10-9/h1-4,10H,9H2. The van der Waals surface area contributed by atoms with Crippen molar-refractivity contribution in [3.05, 3.63) is 28.8 Å². The summed E-state index contributed by atoms with van der Waals surface area (Å²) in [5.41, 5.74) is 3.40. The van der Waals surface area contributed by atoms with Gasteiger partial charge in [0.15, 0.2) is 6.29 Å². The Balaban J connectivity index is 3.16. The lowest BCUT2D eigenvalue weighted by atomic mass is 10.2. The number of rotatable bonds is 2. The number of nitrogens with one attached hydrogen (secondary N) is 1. The van der Waals surface area contributed by atoms with E-state index < -0.39 is 0 Å². The first-order valence-electron chi connectivity index (χ1n) is 2.99. The number of benzene rings is 1. The van der Waals surface area contributed by atoms with Crippen molar-refractivity contribution in [2.24, 2.45) is 5.84 Å². The highest BCUT2D eigenvalue weighted by Gasteiger charge is 1.98. The van der Waals surface area contributed by atoms with E-state index in [0.717, 1.165) is 0 Å². The Hall–Kier alpha value is -1.06. The molecule has 1 aromatic carbocycles. The molecule has 0 amide bonds. The molecule has 4 heteroatoms. The van der Waals surface area contributed by atoms with Gasteiger partial charge in [-0.2, -0.15) is 0 Å². The second-order valence-electron chi connectivity index (χ2n) is 1.99. The third-order valence-electron chi connectivity index (χ3n) is 1.30. The lowest BCUT2D eigenvalue weighted by Crippen LogP contribution is -2.08. The summed E-state index contributed by atoms with van der Waals surface area (Å²) in [5.74, 6) is 5.13. The fourth-order valence-corrected chi connectivity index (χ4v) is 0.928. The van der Waals surface area contributed by atoms with Crippen molar-refractivity contribution in [1.29, 1.82) is 0 Å². The quantitative estimate of drug-likeness (QED) is 0.401. The molecule has 0 unspecified atom stereocenters.